The monoisotopic (exact) mass is 295 g/mol. The van der Waals surface area contributed by atoms with E-state index in [-0.39, 0.29) is 0 Å². The summed E-state index contributed by atoms with van der Waals surface area (Å²) in [6.07, 6.45) is 5.71. The SMILES string of the molecule is CN1CCCC1CCON=C1c2ccccc2-n2cccc21. The molecule has 22 heavy (non-hydrogen) atoms. The Morgan fingerprint density at radius 1 is 1.23 bits per heavy atom. The quantitative estimate of drug-likeness (QED) is 0.547. The minimum absolute atomic E-state index is 0.653. The summed E-state index contributed by atoms with van der Waals surface area (Å²) in [4.78, 5) is 8.08. The van der Waals surface area contributed by atoms with E-state index in [2.05, 4.69) is 52.1 Å². The Kier molecular flexibility index (Phi) is 3.47. The van der Waals surface area contributed by atoms with Gasteiger partial charge in [-0.2, -0.15) is 0 Å². The van der Waals surface area contributed by atoms with Gasteiger partial charge in [0.1, 0.15) is 12.3 Å². The van der Waals surface area contributed by atoms with Crippen LogP contribution in [0.15, 0.2) is 47.8 Å². The molecule has 2 aliphatic heterocycles. The standard InChI is InChI=1S/C18H21N3O/c1-20-11-4-6-14(20)10-13-22-19-18-15-7-2-3-8-16(15)21-12-5-9-17(18)21/h2-3,5,7-9,12,14H,4,6,10-11,13H2,1H3. The Balaban J connectivity index is 1.48. The van der Waals surface area contributed by atoms with Crippen LogP contribution < -0.4 is 0 Å². The van der Waals surface area contributed by atoms with Crippen LogP contribution in [0.25, 0.3) is 5.69 Å². The molecule has 2 aromatic rings. The third-order valence-corrected chi connectivity index (χ3v) is 4.78. The molecule has 0 amide bonds. The zero-order chi connectivity index (χ0) is 14.9. The lowest BCUT2D eigenvalue weighted by Gasteiger charge is -2.18. The van der Waals surface area contributed by atoms with E-state index in [1.807, 2.05) is 12.1 Å². The first-order valence-electron chi connectivity index (χ1n) is 8.02. The highest BCUT2D eigenvalue weighted by molar-refractivity contribution is 6.17. The molecule has 0 aliphatic carbocycles. The lowest BCUT2D eigenvalue weighted by molar-refractivity contribution is 0.121. The number of rotatable bonds is 4. The lowest BCUT2D eigenvalue weighted by atomic mass is 10.1. The van der Waals surface area contributed by atoms with Crippen LogP contribution in [-0.4, -0.2) is 41.4 Å². The van der Waals surface area contributed by atoms with Crippen LogP contribution in [0.2, 0.25) is 0 Å². The Morgan fingerprint density at radius 2 is 2.14 bits per heavy atom. The van der Waals surface area contributed by atoms with Gasteiger partial charge in [-0.15, -0.1) is 0 Å². The van der Waals surface area contributed by atoms with Crippen LogP contribution in [0.1, 0.15) is 30.5 Å². The molecular weight excluding hydrogens is 274 g/mol. The number of hydrogen-bond donors (Lipinski definition) is 0. The fraction of sp³-hybridized carbons (Fsp3) is 0.389. The molecule has 4 heteroatoms. The Morgan fingerprint density at radius 3 is 3.00 bits per heavy atom. The molecule has 0 saturated carbocycles. The van der Waals surface area contributed by atoms with E-state index < -0.39 is 0 Å². The number of fused-ring (bicyclic) bond motifs is 3. The van der Waals surface area contributed by atoms with Gasteiger partial charge >= 0.3 is 0 Å². The van der Waals surface area contributed by atoms with Crippen molar-refractivity contribution in [3.8, 4) is 5.69 Å². The normalized spacial score (nSPS) is 22.0. The number of benzene rings is 1. The van der Waals surface area contributed by atoms with E-state index in [1.54, 1.807) is 0 Å². The largest absolute Gasteiger partial charge is 0.395 e. The molecule has 0 bridgehead atoms. The van der Waals surface area contributed by atoms with Crippen molar-refractivity contribution in [3.05, 3.63) is 53.9 Å². The Bertz CT molecular complexity index is 704. The molecule has 1 fully saturated rings. The maximum absolute atomic E-state index is 5.66. The van der Waals surface area contributed by atoms with Crippen LogP contribution in [0.5, 0.6) is 0 Å². The number of aromatic nitrogens is 1. The molecule has 0 radical (unpaired) electrons. The molecule has 1 saturated heterocycles. The third kappa shape index (κ3) is 2.24. The highest BCUT2D eigenvalue weighted by atomic mass is 16.6. The fourth-order valence-corrected chi connectivity index (χ4v) is 3.54. The van der Waals surface area contributed by atoms with Crippen molar-refractivity contribution in [1.82, 2.24) is 9.47 Å². The summed E-state index contributed by atoms with van der Waals surface area (Å²) < 4.78 is 2.17. The Hall–Kier alpha value is -2.07. The summed E-state index contributed by atoms with van der Waals surface area (Å²) in [6, 6.07) is 13.1. The second-order valence-electron chi connectivity index (χ2n) is 6.12. The number of para-hydroxylation sites is 1. The van der Waals surface area contributed by atoms with Gasteiger partial charge in [0.2, 0.25) is 0 Å². The molecule has 4 rings (SSSR count). The summed E-state index contributed by atoms with van der Waals surface area (Å²) >= 11 is 0. The molecule has 3 heterocycles. The van der Waals surface area contributed by atoms with Gasteiger partial charge < -0.3 is 14.3 Å². The van der Waals surface area contributed by atoms with Crippen molar-refractivity contribution in [2.24, 2.45) is 5.16 Å². The van der Waals surface area contributed by atoms with Gasteiger partial charge in [-0.1, -0.05) is 23.4 Å². The molecule has 1 aromatic heterocycles. The lowest BCUT2D eigenvalue weighted by Crippen LogP contribution is -2.25. The van der Waals surface area contributed by atoms with Gasteiger partial charge in [-0.25, -0.2) is 0 Å². The predicted molar refractivity (Wildman–Crippen MR) is 87.6 cm³/mol. The molecule has 2 aliphatic rings. The average molecular weight is 295 g/mol. The summed E-state index contributed by atoms with van der Waals surface area (Å²) in [5.41, 5.74) is 4.39. The number of nitrogens with zero attached hydrogens (tertiary/aromatic N) is 3. The van der Waals surface area contributed by atoms with Crippen molar-refractivity contribution in [2.45, 2.75) is 25.3 Å². The van der Waals surface area contributed by atoms with Crippen LogP contribution in [0.3, 0.4) is 0 Å². The summed E-state index contributed by atoms with van der Waals surface area (Å²) in [5.74, 6) is 0. The third-order valence-electron chi connectivity index (χ3n) is 4.78. The highest BCUT2D eigenvalue weighted by Crippen LogP contribution is 2.28. The van der Waals surface area contributed by atoms with E-state index in [0.717, 1.165) is 23.4 Å². The van der Waals surface area contributed by atoms with Gasteiger partial charge in [0.05, 0.1) is 11.4 Å². The van der Waals surface area contributed by atoms with Gasteiger partial charge in [0.25, 0.3) is 0 Å². The molecule has 114 valence electrons. The van der Waals surface area contributed by atoms with Crippen molar-refractivity contribution in [2.75, 3.05) is 20.2 Å². The molecule has 1 atom stereocenters. The van der Waals surface area contributed by atoms with Crippen LogP contribution in [0, 0.1) is 0 Å². The van der Waals surface area contributed by atoms with Crippen molar-refractivity contribution >= 4 is 5.71 Å². The second-order valence-corrected chi connectivity index (χ2v) is 6.12. The van der Waals surface area contributed by atoms with Crippen LogP contribution in [0.4, 0.5) is 0 Å². The van der Waals surface area contributed by atoms with Gasteiger partial charge in [0.15, 0.2) is 0 Å². The maximum atomic E-state index is 5.66. The second kappa shape index (κ2) is 5.61. The van der Waals surface area contributed by atoms with Crippen molar-refractivity contribution in [3.63, 3.8) is 0 Å². The molecule has 4 nitrogen and oxygen atoms in total. The van der Waals surface area contributed by atoms with E-state index >= 15 is 0 Å². The molecule has 0 N–H and O–H groups in total. The number of likely N-dealkylation sites (tertiary alicyclic amines) is 1. The molecule has 0 spiro atoms. The molecule has 1 unspecified atom stereocenters. The number of oxime groups is 1. The zero-order valence-electron chi connectivity index (χ0n) is 12.9. The fourth-order valence-electron chi connectivity index (χ4n) is 3.54. The van der Waals surface area contributed by atoms with Crippen molar-refractivity contribution < 1.29 is 4.84 Å². The topological polar surface area (TPSA) is 29.8 Å². The van der Waals surface area contributed by atoms with E-state index in [1.165, 1.54) is 25.1 Å². The average Bonchev–Trinajstić information content (AvgIpc) is 3.22. The Labute approximate surface area is 131 Å². The number of hydrogen-bond acceptors (Lipinski definition) is 3. The molecule has 1 aromatic carbocycles. The predicted octanol–water partition coefficient (Wildman–Crippen LogP) is 3.04. The van der Waals surface area contributed by atoms with Crippen LogP contribution >= 0.6 is 0 Å². The first-order valence-corrected chi connectivity index (χ1v) is 8.02. The first kappa shape index (κ1) is 13.6. The van der Waals surface area contributed by atoms with Crippen LogP contribution in [-0.2, 0) is 4.84 Å². The first-order chi connectivity index (χ1) is 10.8. The van der Waals surface area contributed by atoms with Gasteiger partial charge in [0, 0.05) is 17.8 Å². The summed E-state index contributed by atoms with van der Waals surface area (Å²) in [6.45, 7) is 1.89. The minimum Gasteiger partial charge on any atom is -0.395 e. The van der Waals surface area contributed by atoms with Gasteiger partial charge in [-0.05, 0) is 51.1 Å². The minimum atomic E-state index is 0.653. The summed E-state index contributed by atoms with van der Waals surface area (Å²) in [5, 5.41) is 4.44. The van der Waals surface area contributed by atoms with E-state index in [4.69, 9.17) is 4.84 Å². The summed E-state index contributed by atoms with van der Waals surface area (Å²) in [7, 11) is 2.20. The van der Waals surface area contributed by atoms with E-state index in [0.29, 0.717) is 12.6 Å². The highest BCUT2D eigenvalue weighted by Gasteiger charge is 2.24. The maximum Gasteiger partial charge on any atom is 0.136 e. The smallest absolute Gasteiger partial charge is 0.136 e. The van der Waals surface area contributed by atoms with Crippen molar-refractivity contribution in [1.29, 1.82) is 0 Å². The van der Waals surface area contributed by atoms with Gasteiger partial charge in [-0.3, -0.25) is 0 Å². The zero-order valence-corrected chi connectivity index (χ0v) is 12.9. The van der Waals surface area contributed by atoms with E-state index in [9.17, 15) is 0 Å². The molecular formula is C18H21N3O.